The molecular weight excluding hydrogens is 472 g/mol. The van der Waals surface area contributed by atoms with Gasteiger partial charge in [0.25, 0.3) is 0 Å². The van der Waals surface area contributed by atoms with Crippen LogP contribution in [-0.4, -0.2) is 49.2 Å². The van der Waals surface area contributed by atoms with E-state index in [1.54, 1.807) is 12.1 Å². The second-order valence-corrected chi connectivity index (χ2v) is 9.11. The third kappa shape index (κ3) is 6.44. The Morgan fingerprint density at radius 2 is 1.83 bits per heavy atom. The van der Waals surface area contributed by atoms with Gasteiger partial charge in [-0.2, -0.15) is 8.78 Å². The van der Waals surface area contributed by atoms with Crippen LogP contribution >= 0.6 is 0 Å². The SMILES string of the molecule is CCOc1ccccc1COC(=O)[C@H]1CC(c2ccc(OC(F)F)c(OCC3CC3)c2)CN1C(C)=O. The molecule has 194 valence electrons. The van der Waals surface area contributed by atoms with Crippen molar-refractivity contribution in [1.29, 1.82) is 0 Å². The Kier molecular flexibility index (Phi) is 8.28. The molecule has 1 amide bonds. The first-order chi connectivity index (χ1) is 17.4. The van der Waals surface area contributed by atoms with Gasteiger partial charge in [0.05, 0.1) is 13.2 Å². The lowest BCUT2D eigenvalue weighted by molar-refractivity contribution is -0.154. The van der Waals surface area contributed by atoms with Crippen LogP contribution in [0.3, 0.4) is 0 Å². The number of alkyl halides is 2. The molecule has 36 heavy (non-hydrogen) atoms. The van der Waals surface area contributed by atoms with Crippen molar-refractivity contribution in [1.82, 2.24) is 4.90 Å². The molecule has 0 aromatic heterocycles. The van der Waals surface area contributed by atoms with Crippen molar-refractivity contribution in [2.75, 3.05) is 19.8 Å². The lowest BCUT2D eigenvalue weighted by atomic mass is 9.96. The van der Waals surface area contributed by atoms with Crippen LogP contribution in [0.2, 0.25) is 0 Å². The number of carbonyl (C=O) groups is 2. The van der Waals surface area contributed by atoms with Crippen molar-refractivity contribution in [3.63, 3.8) is 0 Å². The number of benzene rings is 2. The van der Waals surface area contributed by atoms with Gasteiger partial charge in [-0.15, -0.1) is 0 Å². The predicted octanol–water partition coefficient (Wildman–Crippen LogP) is 4.92. The maximum absolute atomic E-state index is 13.0. The molecular formula is C27H31F2NO6. The minimum Gasteiger partial charge on any atom is -0.493 e. The number of esters is 1. The van der Waals surface area contributed by atoms with E-state index in [1.165, 1.54) is 17.9 Å². The van der Waals surface area contributed by atoms with Gasteiger partial charge < -0.3 is 23.8 Å². The van der Waals surface area contributed by atoms with Crippen LogP contribution in [0.4, 0.5) is 8.78 Å². The fourth-order valence-corrected chi connectivity index (χ4v) is 4.39. The summed E-state index contributed by atoms with van der Waals surface area (Å²) in [7, 11) is 0. The predicted molar refractivity (Wildman–Crippen MR) is 127 cm³/mol. The van der Waals surface area contributed by atoms with Crippen molar-refractivity contribution < 1.29 is 37.3 Å². The summed E-state index contributed by atoms with van der Waals surface area (Å²) in [5.41, 5.74) is 1.52. The van der Waals surface area contributed by atoms with Gasteiger partial charge in [-0.3, -0.25) is 4.79 Å². The summed E-state index contributed by atoms with van der Waals surface area (Å²) in [4.78, 5) is 26.9. The number of nitrogens with zero attached hydrogens (tertiary/aromatic N) is 1. The Balaban J connectivity index is 1.47. The van der Waals surface area contributed by atoms with E-state index in [0.717, 1.165) is 24.0 Å². The van der Waals surface area contributed by atoms with Crippen LogP contribution in [0, 0.1) is 5.92 Å². The van der Waals surface area contributed by atoms with Crippen molar-refractivity contribution in [2.24, 2.45) is 5.92 Å². The molecule has 1 aliphatic carbocycles. The summed E-state index contributed by atoms with van der Waals surface area (Å²) < 4.78 is 47.3. The number of halogens is 2. The molecule has 0 bridgehead atoms. The van der Waals surface area contributed by atoms with Gasteiger partial charge in [0.15, 0.2) is 11.5 Å². The molecule has 1 saturated carbocycles. The smallest absolute Gasteiger partial charge is 0.387 e. The zero-order chi connectivity index (χ0) is 25.7. The van der Waals surface area contributed by atoms with Crippen molar-refractivity contribution in [3.05, 3.63) is 53.6 Å². The van der Waals surface area contributed by atoms with Gasteiger partial charge in [-0.1, -0.05) is 24.3 Å². The van der Waals surface area contributed by atoms with E-state index < -0.39 is 18.6 Å². The number of ether oxygens (including phenoxy) is 4. The third-order valence-corrected chi connectivity index (χ3v) is 6.45. The van der Waals surface area contributed by atoms with E-state index in [0.29, 0.717) is 37.8 Å². The van der Waals surface area contributed by atoms with Crippen LogP contribution in [0.15, 0.2) is 42.5 Å². The summed E-state index contributed by atoms with van der Waals surface area (Å²) in [6, 6.07) is 11.4. The topological polar surface area (TPSA) is 74.3 Å². The summed E-state index contributed by atoms with van der Waals surface area (Å²) in [5, 5.41) is 0. The van der Waals surface area contributed by atoms with Crippen LogP contribution in [0.1, 0.15) is 50.2 Å². The second kappa shape index (κ2) is 11.6. The molecule has 1 heterocycles. The summed E-state index contributed by atoms with van der Waals surface area (Å²) in [6.07, 6.45) is 2.46. The van der Waals surface area contributed by atoms with Gasteiger partial charge in [0.1, 0.15) is 18.4 Å². The van der Waals surface area contributed by atoms with E-state index in [9.17, 15) is 18.4 Å². The Morgan fingerprint density at radius 1 is 1.06 bits per heavy atom. The van der Waals surface area contributed by atoms with Crippen molar-refractivity contribution in [2.45, 2.75) is 58.3 Å². The van der Waals surface area contributed by atoms with Gasteiger partial charge in [-0.25, -0.2) is 4.79 Å². The monoisotopic (exact) mass is 503 g/mol. The van der Waals surface area contributed by atoms with E-state index in [-0.39, 0.29) is 29.9 Å². The van der Waals surface area contributed by atoms with Crippen LogP contribution in [0.5, 0.6) is 17.2 Å². The van der Waals surface area contributed by atoms with Gasteiger partial charge in [-0.05, 0) is 55.9 Å². The van der Waals surface area contributed by atoms with Crippen LogP contribution < -0.4 is 14.2 Å². The number of hydrogen-bond donors (Lipinski definition) is 0. The zero-order valence-corrected chi connectivity index (χ0v) is 20.5. The average molecular weight is 504 g/mol. The summed E-state index contributed by atoms with van der Waals surface area (Å²) >= 11 is 0. The maximum atomic E-state index is 13.0. The quantitative estimate of drug-likeness (QED) is 0.405. The molecule has 0 radical (unpaired) electrons. The first-order valence-corrected chi connectivity index (χ1v) is 12.2. The summed E-state index contributed by atoms with van der Waals surface area (Å²) in [6.45, 7) is 1.58. The molecule has 1 unspecified atom stereocenters. The molecule has 2 aromatic rings. The lowest BCUT2D eigenvalue weighted by Gasteiger charge is -2.21. The normalized spacial score (nSPS) is 19.3. The highest BCUT2D eigenvalue weighted by Gasteiger charge is 2.40. The van der Waals surface area contributed by atoms with E-state index in [4.69, 9.17) is 14.2 Å². The number of likely N-dealkylation sites (tertiary alicyclic amines) is 1. The number of amides is 1. The highest BCUT2D eigenvalue weighted by atomic mass is 19.3. The number of rotatable bonds is 11. The fourth-order valence-electron chi connectivity index (χ4n) is 4.39. The Bertz CT molecular complexity index is 1070. The molecule has 7 nitrogen and oxygen atoms in total. The molecule has 1 aliphatic heterocycles. The zero-order valence-electron chi connectivity index (χ0n) is 20.5. The Labute approximate surface area is 209 Å². The minimum atomic E-state index is -2.97. The van der Waals surface area contributed by atoms with Gasteiger partial charge >= 0.3 is 12.6 Å². The minimum absolute atomic E-state index is 0.0280. The Hall–Kier alpha value is -3.36. The Morgan fingerprint density at radius 3 is 2.53 bits per heavy atom. The van der Waals surface area contributed by atoms with Gasteiger partial charge in [0, 0.05) is 24.9 Å². The van der Waals surface area contributed by atoms with Gasteiger partial charge in [0.2, 0.25) is 5.91 Å². The molecule has 0 N–H and O–H groups in total. The molecule has 4 rings (SSSR count). The standard InChI is InChI=1S/C27H31F2NO6/c1-3-33-23-7-5-4-6-20(23)16-35-26(32)22-12-21(14-30(22)17(2)31)19-10-11-24(36-27(28)29)25(13-19)34-15-18-8-9-18/h4-7,10-11,13,18,21-22,27H,3,8-9,12,14-16H2,1-2H3/t21?,22-/m1/s1. The molecule has 2 aromatic carbocycles. The molecule has 1 saturated heterocycles. The molecule has 0 spiro atoms. The fraction of sp³-hybridized carbons (Fsp3) is 0.481. The third-order valence-electron chi connectivity index (χ3n) is 6.45. The highest BCUT2D eigenvalue weighted by molar-refractivity contribution is 5.84. The van der Waals surface area contributed by atoms with E-state index >= 15 is 0 Å². The summed E-state index contributed by atoms with van der Waals surface area (Å²) in [5.74, 6) is 0.363. The number of para-hydroxylation sites is 1. The van der Waals surface area contributed by atoms with E-state index in [2.05, 4.69) is 4.74 Å². The lowest BCUT2D eigenvalue weighted by Crippen LogP contribution is -2.40. The van der Waals surface area contributed by atoms with Crippen LogP contribution in [0.25, 0.3) is 0 Å². The largest absolute Gasteiger partial charge is 0.493 e. The van der Waals surface area contributed by atoms with Crippen molar-refractivity contribution in [3.8, 4) is 17.2 Å². The molecule has 2 fully saturated rings. The number of carbonyl (C=O) groups excluding carboxylic acids is 2. The molecule has 2 atom stereocenters. The van der Waals surface area contributed by atoms with E-state index in [1.807, 2.05) is 31.2 Å². The van der Waals surface area contributed by atoms with Crippen LogP contribution in [-0.2, 0) is 20.9 Å². The molecule has 9 heteroatoms. The number of hydrogen-bond acceptors (Lipinski definition) is 6. The first-order valence-electron chi connectivity index (χ1n) is 12.2. The van der Waals surface area contributed by atoms with Crippen molar-refractivity contribution >= 4 is 11.9 Å². The maximum Gasteiger partial charge on any atom is 0.387 e. The molecule has 2 aliphatic rings. The highest BCUT2D eigenvalue weighted by Crippen LogP contribution is 2.39. The average Bonchev–Trinajstić information content (AvgIpc) is 3.57. The second-order valence-electron chi connectivity index (χ2n) is 9.11. The first kappa shape index (κ1) is 25.7.